The van der Waals surface area contributed by atoms with Crippen molar-refractivity contribution in [1.82, 2.24) is 5.32 Å². The van der Waals surface area contributed by atoms with Crippen LogP contribution in [0.15, 0.2) is 0 Å². The van der Waals surface area contributed by atoms with Gasteiger partial charge in [0.1, 0.15) is 11.9 Å². The molecule has 0 bridgehead atoms. The van der Waals surface area contributed by atoms with E-state index < -0.39 is 35.7 Å². The largest absolute Gasteiger partial charge is 0.481 e. The maximum atomic E-state index is 11.9. The maximum Gasteiger partial charge on any atom is 0.308 e. The van der Waals surface area contributed by atoms with Gasteiger partial charge in [-0.3, -0.25) is 19.2 Å². The molecule has 0 radical (unpaired) electrons. The van der Waals surface area contributed by atoms with Crippen LogP contribution in [-0.4, -0.2) is 42.4 Å². The zero-order valence-corrected chi connectivity index (χ0v) is 10.8. The average molecular weight is 271 g/mol. The summed E-state index contributed by atoms with van der Waals surface area (Å²) < 4.78 is 4.75. The Morgan fingerprint density at radius 1 is 1.26 bits per heavy atom. The number of amides is 1. The first kappa shape index (κ1) is 15.1. The van der Waals surface area contributed by atoms with E-state index >= 15 is 0 Å². The van der Waals surface area contributed by atoms with Gasteiger partial charge in [-0.05, 0) is 6.42 Å². The smallest absolute Gasteiger partial charge is 0.308 e. The van der Waals surface area contributed by atoms with Crippen LogP contribution in [0.1, 0.15) is 19.8 Å². The fourth-order valence-corrected chi connectivity index (χ4v) is 2.53. The number of carbonyl (C=O) groups is 4. The van der Waals surface area contributed by atoms with E-state index in [0.29, 0.717) is 6.42 Å². The van der Waals surface area contributed by atoms with Gasteiger partial charge < -0.3 is 15.2 Å². The highest BCUT2D eigenvalue weighted by atomic mass is 16.5. The molecule has 1 fully saturated rings. The lowest BCUT2D eigenvalue weighted by molar-refractivity contribution is -0.187. The number of ether oxygens (including phenoxy) is 1. The van der Waals surface area contributed by atoms with E-state index in [0.717, 1.165) is 0 Å². The van der Waals surface area contributed by atoms with Gasteiger partial charge in [0.05, 0.1) is 17.8 Å². The Morgan fingerprint density at radius 3 is 2.32 bits per heavy atom. The molecule has 7 nitrogen and oxygen atoms in total. The third kappa shape index (κ3) is 2.74. The SMILES string of the molecule is CCCC(=O)C1C(OC=O)C(C(=O)NC)C1C(=O)O. The van der Waals surface area contributed by atoms with E-state index in [-0.39, 0.29) is 18.7 Å². The molecule has 0 spiro atoms. The number of nitrogens with one attached hydrogen (secondary N) is 1. The molecule has 0 aromatic carbocycles. The van der Waals surface area contributed by atoms with E-state index in [1.807, 2.05) is 0 Å². The highest BCUT2D eigenvalue weighted by Crippen LogP contribution is 2.44. The molecule has 1 aliphatic rings. The van der Waals surface area contributed by atoms with Crippen molar-refractivity contribution in [2.75, 3.05) is 7.05 Å². The number of hydrogen-bond acceptors (Lipinski definition) is 5. The average Bonchev–Trinajstić information content (AvgIpc) is 2.33. The van der Waals surface area contributed by atoms with Gasteiger partial charge in [-0.25, -0.2) is 0 Å². The molecule has 4 atom stereocenters. The fraction of sp³-hybridized carbons (Fsp3) is 0.667. The third-order valence-electron chi connectivity index (χ3n) is 3.40. The number of carbonyl (C=O) groups excluding carboxylic acids is 3. The molecule has 2 N–H and O–H groups in total. The molecule has 0 aromatic rings. The molecule has 19 heavy (non-hydrogen) atoms. The van der Waals surface area contributed by atoms with Gasteiger partial charge in [0.25, 0.3) is 6.47 Å². The summed E-state index contributed by atoms with van der Waals surface area (Å²) in [6, 6.07) is 0. The van der Waals surface area contributed by atoms with Crippen LogP contribution in [0.5, 0.6) is 0 Å². The van der Waals surface area contributed by atoms with Crippen molar-refractivity contribution in [3.8, 4) is 0 Å². The number of rotatable bonds is 7. The standard InChI is InChI=1S/C12H17NO6/c1-3-4-6(15)7-8(12(17)18)9(11(16)13-2)10(7)19-5-14/h5,7-10H,3-4H2,1-2H3,(H,13,16)(H,17,18). The molecule has 0 saturated heterocycles. The maximum absolute atomic E-state index is 11.9. The topological polar surface area (TPSA) is 110 Å². The van der Waals surface area contributed by atoms with Crippen molar-refractivity contribution >= 4 is 24.1 Å². The number of carboxylic acid groups (broad SMARTS) is 1. The minimum atomic E-state index is -1.23. The van der Waals surface area contributed by atoms with Crippen LogP contribution in [0, 0.1) is 17.8 Å². The van der Waals surface area contributed by atoms with Crippen molar-refractivity contribution in [3.63, 3.8) is 0 Å². The van der Waals surface area contributed by atoms with E-state index in [9.17, 15) is 19.2 Å². The number of hydrogen-bond donors (Lipinski definition) is 2. The monoisotopic (exact) mass is 271 g/mol. The van der Waals surface area contributed by atoms with Gasteiger partial charge >= 0.3 is 5.97 Å². The molecular formula is C12H17NO6. The molecule has 7 heteroatoms. The van der Waals surface area contributed by atoms with E-state index in [1.54, 1.807) is 6.92 Å². The first-order valence-electron chi connectivity index (χ1n) is 6.05. The molecule has 4 unspecified atom stereocenters. The summed E-state index contributed by atoms with van der Waals surface area (Å²) in [6.07, 6.45) is -0.217. The number of aliphatic carboxylic acids is 1. The van der Waals surface area contributed by atoms with Crippen LogP contribution in [0.25, 0.3) is 0 Å². The molecule has 1 aliphatic carbocycles. The second-order valence-corrected chi connectivity index (χ2v) is 4.44. The van der Waals surface area contributed by atoms with Crippen molar-refractivity contribution in [3.05, 3.63) is 0 Å². The lowest BCUT2D eigenvalue weighted by Gasteiger charge is -2.46. The van der Waals surface area contributed by atoms with Crippen molar-refractivity contribution < 1.29 is 29.0 Å². The molecular weight excluding hydrogens is 254 g/mol. The lowest BCUT2D eigenvalue weighted by Crippen LogP contribution is -2.63. The van der Waals surface area contributed by atoms with Gasteiger partial charge in [0.15, 0.2) is 0 Å². The predicted molar refractivity (Wildman–Crippen MR) is 63.0 cm³/mol. The van der Waals surface area contributed by atoms with Gasteiger partial charge in [0, 0.05) is 13.5 Å². The zero-order valence-electron chi connectivity index (χ0n) is 10.8. The minimum Gasteiger partial charge on any atom is -0.481 e. The molecule has 1 amide bonds. The molecule has 1 saturated carbocycles. The summed E-state index contributed by atoms with van der Waals surface area (Å²) in [7, 11) is 1.36. The highest BCUT2D eigenvalue weighted by molar-refractivity contribution is 5.95. The molecule has 0 aliphatic heterocycles. The Balaban J connectivity index is 2.99. The van der Waals surface area contributed by atoms with Crippen molar-refractivity contribution in [2.45, 2.75) is 25.9 Å². The fourth-order valence-electron chi connectivity index (χ4n) is 2.53. The Bertz CT molecular complexity index is 394. The summed E-state index contributed by atoms with van der Waals surface area (Å²) in [5.41, 5.74) is 0. The second kappa shape index (κ2) is 6.31. The summed E-state index contributed by atoms with van der Waals surface area (Å²) in [6.45, 7) is 1.93. The van der Waals surface area contributed by atoms with Crippen molar-refractivity contribution in [1.29, 1.82) is 0 Å². The third-order valence-corrected chi connectivity index (χ3v) is 3.40. The summed E-state index contributed by atoms with van der Waals surface area (Å²) in [5, 5.41) is 11.5. The van der Waals surface area contributed by atoms with Gasteiger partial charge in [-0.15, -0.1) is 0 Å². The summed E-state index contributed by atoms with van der Waals surface area (Å²) >= 11 is 0. The number of carboxylic acids is 1. The minimum absolute atomic E-state index is 0.144. The first-order valence-corrected chi connectivity index (χ1v) is 6.05. The summed E-state index contributed by atoms with van der Waals surface area (Å²) in [5.74, 6) is -5.15. The molecule has 0 heterocycles. The van der Waals surface area contributed by atoms with E-state index in [1.165, 1.54) is 7.05 Å². The Kier molecular flexibility index (Phi) is 5.02. The lowest BCUT2D eigenvalue weighted by atomic mass is 9.59. The quantitative estimate of drug-likeness (QED) is 0.609. The zero-order chi connectivity index (χ0) is 14.6. The van der Waals surface area contributed by atoms with Crippen LogP contribution < -0.4 is 5.32 Å². The predicted octanol–water partition coefficient (Wildman–Crippen LogP) is -0.410. The Labute approximate surface area is 110 Å². The van der Waals surface area contributed by atoms with Gasteiger partial charge in [0.2, 0.25) is 5.91 Å². The van der Waals surface area contributed by atoms with Crippen LogP contribution in [0.3, 0.4) is 0 Å². The Morgan fingerprint density at radius 2 is 1.89 bits per heavy atom. The van der Waals surface area contributed by atoms with E-state index in [4.69, 9.17) is 9.84 Å². The second-order valence-electron chi connectivity index (χ2n) is 4.44. The van der Waals surface area contributed by atoms with Crippen LogP contribution >= 0.6 is 0 Å². The van der Waals surface area contributed by atoms with Crippen LogP contribution in [0.2, 0.25) is 0 Å². The number of ketones is 1. The molecule has 106 valence electrons. The molecule has 1 rings (SSSR count). The van der Waals surface area contributed by atoms with Gasteiger partial charge in [-0.2, -0.15) is 0 Å². The van der Waals surface area contributed by atoms with Gasteiger partial charge in [-0.1, -0.05) is 6.92 Å². The number of Topliss-reactive ketones (excluding diaryl/α,β-unsaturated/α-hetero) is 1. The summed E-state index contributed by atoms with van der Waals surface area (Å²) in [4.78, 5) is 45.2. The highest BCUT2D eigenvalue weighted by Gasteiger charge is 2.61. The first-order chi connectivity index (χ1) is 8.99. The Hall–Kier alpha value is -1.92. The van der Waals surface area contributed by atoms with E-state index in [2.05, 4.69) is 5.32 Å². The van der Waals surface area contributed by atoms with Crippen LogP contribution in [0.4, 0.5) is 0 Å². The normalized spacial score (nSPS) is 28.9. The van der Waals surface area contributed by atoms with Crippen molar-refractivity contribution in [2.24, 2.45) is 17.8 Å². The molecule has 0 aromatic heterocycles. The van der Waals surface area contributed by atoms with Crippen LogP contribution in [-0.2, 0) is 23.9 Å².